The van der Waals surface area contributed by atoms with Crippen molar-refractivity contribution < 1.29 is 18.3 Å². The monoisotopic (exact) mass is 376 g/mol. The van der Waals surface area contributed by atoms with Crippen LogP contribution in [0.15, 0.2) is 41.6 Å². The second kappa shape index (κ2) is 7.79. The van der Waals surface area contributed by atoms with Gasteiger partial charge in [0.25, 0.3) is 0 Å². The van der Waals surface area contributed by atoms with Gasteiger partial charge in [-0.3, -0.25) is 0 Å². The fourth-order valence-corrected chi connectivity index (χ4v) is 4.38. The summed E-state index contributed by atoms with van der Waals surface area (Å²) in [7, 11) is -3.47. The molecule has 0 amide bonds. The number of anilines is 1. The molecule has 0 saturated carbocycles. The van der Waals surface area contributed by atoms with Crippen molar-refractivity contribution >= 4 is 21.8 Å². The van der Waals surface area contributed by atoms with Crippen LogP contribution < -0.4 is 5.32 Å². The minimum absolute atomic E-state index is 0.134. The molecular weight excluding hydrogens is 356 g/mol. The number of piperidine rings is 1. The lowest BCUT2D eigenvalue weighted by molar-refractivity contribution is 0.0690. The highest BCUT2D eigenvalue weighted by atomic mass is 32.2. The summed E-state index contributed by atoms with van der Waals surface area (Å²) in [6, 6.07) is 6.79. The highest BCUT2D eigenvalue weighted by molar-refractivity contribution is 7.89. The van der Waals surface area contributed by atoms with Crippen molar-refractivity contribution in [2.24, 2.45) is 0 Å². The van der Waals surface area contributed by atoms with Gasteiger partial charge in [0, 0.05) is 19.6 Å². The Balaban J connectivity index is 1.70. The SMILES string of the molecule is O=C(O)c1cnc(NCc2cccc(S(=O)(=O)N3CCCCC3)c2)cn1. The Morgan fingerprint density at radius 3 is 2.58 bits per heavy atom. The van der Waals surface area contributed by atoms with Crippen LogP contribution >= 0.6 is 0 Å². The van der Waals surface area contributed by atoms with Gasteiger partial charge in [0.15, 0.2) is 5.69 Å². The fraction of sp³-hybridized carbons (Fsp3) is 0.353. The van der Waals surface area contributed by atoms with Crippen molar-refractivity contribution in [2.45, 2.75) is 30.7 Å². The molecule has 2 N–H and O–H groups in total. The number of benzene rings is 1. The predicted octanol–water partition coefficient (Wildman–Crippen LogP) is 1.96. The first-order valence-corrected chi connectivity index (χ1v) is 9.79. The number of aromatic carboxylic acids is 1. The molecule has 1 aromatic carbocycles. The topological polar surface area (TPSA) is 112 Å². The Bertz CT molecular complexity index is 878. The fourth-order valence-electron chi connectivity index (χ4n) is 2.79. The maximum absolute atomic E-state index is 12.7. The summed E-state index contributed by atoms with van der Waals surface area (Å²) in [5.74, 6) is -0.723. The van der Waals surface area contributed by atoms with Gasteiger partial charge in [-0.15, -0.1) is 0 Å². The molecule has 0 spiro atoms. The van der Waals surface area contributed by atoms with Crippen LogP contribution in [0.4, 0.5) is 5.82 Å². The summed E-state index contributed by atoms with van der Waals surface area (Å²) in [4.78, 5) is 18.8. The maximum atomic E-state index is 12.7. The zero-order chi connectivity index (χ0) is 18.6. The van der Waals surface area contributed by atoms with Gasteiger partial charge in [0.05, 0.1) is 17.3 Å². The highest BCUT2D eigenvalue weighted by Gasteiger charge is 2.25. The number of carbonyl (C=O) groups is 1. The van der Waals surface area contributed by atoms with Gasteiger partial charge >= 0.3 is 5.97 Å². The van der Waals surface area contributed by atoms with E-state index in [1.165, 1.54) is 12.4 Å². The first kappa shape index (κ1) is 18.3. The van der Waals surface area contributed by atoms with Crippen LogP contribution in [0.5, 0.6) is 0 Å². The standard InChI is InChI=1S/C17H20N4O4S/c22-17(23)15-11-20-16(12-18-15)19-10-13-5-4-6-14(9-13)26(24,25)21-7-2-1-3-8-21/h4-6,9,11-12H,1-3,7-8,10H2,(H,19,20)(H,22,23). The largest absolute Gasteiger partial charge is 0.476 e. The average molecular weight is 376 g/mol. The Morgan fingerprint density at radius 1 is 1.15 bits per heavy atom. The van der Waals surface area contributed by atoms with Gasteiger partial charge in [-0.25, -0.2) is 23.2 Å². The molecule has 2 aromatic rings. The second-order valence-corrected chi connectivity index (χ2v) is 8.00. The van der Waals surface area contributed by atoms with Crippen molar-refractivity contribution in [1.29, 1.82) is 0 Å². The summed E-state index contributed by atoms with van der Waals surface area (Å²) in [5, 5.41) is 11.8. The van der Waals surface area contributed by atoms with Gasteiger partial charge in [-0.1, -0.05) is 18.6 Å². The number of rotatable bonds is 6. The Hall–Kier alpha value is -2.52. The molecule has 0 aliphatic carbocycles. The van der Waals surface area contributed by atoms with Crippen LogP contribution in [0, 0.1) is 0 Å². The molecule has 1 aromatic heterocycles. The van der Waals surface area contributed by atoms with Gasteiger partial charge < -0.3 is 10.4 Å². The van der Waals surface area contributed by atoms with Crippen LogP contribution in [-0.4, -0.2) is 46.9 Å². The average Bonchev–Trinajstić information content (AvgIpc) is 2.67. The van der Waals surface area contributed by atoms with E-state index in [4.69, 9.17) is 5.11 Å². The lowest BCUT2D eigenvalue weighted by Crippen LogP contribution is -2.35. The summed E-state index contributed by atoms with van der Waals surface area (Å²) >= 11 is 0. The van der Waals surface area contributed by atoms with Crippen LogP contribution in [-0.2, 0) is 16.6 Å². The summed E-state index contributed by atoms with van der Waals surface area (Å²) < 4.78 is 27.0. The second-order valence-electron chi connectivity index (χ2n) is 6.06. The quantitative estimate of drug-likeness (QED) is 0.792. The molecule has 9 heteroatoms. The van der Waals surface area contributed by atoms with E-state index in [-0.39, 0.29) is 10.6 Å². The lowest BCUT2D eigenvalue weighted by atomic mass is 10.2. The van der Waals surface area contributed by atoms with Crippen molar-refractivity contribution in [2.75, 3.05) is 18.4 Å². The predicted molar refractivity (Wildman–Crippen MR) is 95.4 cm³/mol. The molecule has 0 radical (unpaired) electrons. The normalized spacial score (nSPS) is 15.5. The van der Waals surface area contributed by atoms with Crippen LogP contribution in [0.3, 0.4) is 0 Å². The molecule has 1 saturated heterocycles. The molecule has 2 heterocycles. The number of carboxylic acids is 1. The third kappa shape index (κ3) is 4.17. The Morgan fingerprint density at radius 2 is 1.92 bits per heavy atom. The third-order valence-electron chi connectivity index (χ3n) is 4.20. The molecule has 1 fully saturated rings. The van der Waals surface area contributed by atoms with Gasteiger partial charge in [-0.2, -0.15) is 4.31 Å². The van der Waals surface area contributed by atoms with Crippen molar-refractivity contribution in [1.82, 2.24) is 14.3 Å². The molecule has 138 valence electrons. The van der Waals surface area contributed by atoms with Crippen molar-refractivity contribution in [3.8, 4) is 0 Å². The number of aromatic nitrogens is 2. The molecule has 26 heavy (non-hydrogen) atoms. The van der Waals surface area contributed by atoms with Crippen molar-refractivity contribution in [3.05, 3.63) is 47.9 Å². The summed E-state index contributed by atoms with van der Waals surface area (Å²) in [5.41, 5.74) is 0.650. The molecule has 3 rings (SSSR count). The van der Waals surface area contributed by atoms with E-state index < -0.39 is 16.0 Å². The molecule has 0 bridgehead atoms. The van der Waals surface area contributed by atoms with E-state index in [0.29, 0.717) is 25.5 Å². The lowest BCUT2D eigenvalue weighted by Gasteiger charge is -2.26. The van der Waals surface area contributed by atoms with Gasteiger partial charge in [-0.05, 0) is 30.5 Å². The molecule has 0 atom stereocenters. The van der Waals surface area contributed by atoms with E-state index in [1.54, 1.807) is 22.5 Å². The number of carboxylic acid groups (broad SMARTS) is 1. The smallest absolute Gasteiger partial charge is 0.356 e. The minimum atomic E-state index is -3.47. The van der Waals surface area contributed by atoms with Crippen LogP contribution in [0.2, 0.25) is 0 Å². The molecule has 1 aliphatic rings. The molecule has 8 nitrogen and oxygen atoms in total. The van der Waals surface area contributed by atoms with Crippen LogP contribution in [0.25, 0.3) is 0 Å². The molecular formula is C17H20N4O4S. The summed E-state index contributed by atoms with van der Waals surface area (Å²) in [6.45, 7) is 1.48. The summed E-state index contributed by atoms with van der Waals surface area (Å²) in [6.07, 6.45) is 5.36. The number of sulfonamides is 1. The van der Waals surface area contributed by atoms with Crippen molar-refractivity contribution in [3.63, 3.8) is 0 Å². The first-order chi connectivity index (χ1) is 12.5. The number of nitrogens with zero attached hydrogens (tertiary/aromatic N) is 3. The van der Waals surface area contributed by atoms with E-state index in [2.05, 4.69) is 15.3 Å². The van der Waals surface area contributed by atoms with E-state index in [1.807, 2.05) is 6.07 Å². The highest BCUT2D eigenvalue weighted by Crippen LogP contribution is 2.21. The van der Waals surface area contributed by atoms with E-state index in [9.17, 15) is 13.2 Å². The van der Waals surface area contributed by atoms with Gasteiger partial charge in [0.2, 0.25) is 10.0 Å². The van der Waals surface area contributed by atoms with E-state index >= 15 is 0 Å². The minimum Gasteiger partial charge on any atom is -0.476 e. The number of hydrogen-bond acceptors (Lipinski definition) is 6. The number of nitrogens with one attached hydrogen (secondary N) is 1. The third-order valence-corrected chi connectivity index (χ3v) is 6.09. The maximum Gasteiger partial charge on any atom is 0.356 e. The Kier molecular flexibility index (Phi) is 5.48. The Labute approximate surface area is 152 Å². The molecule has 1 aliphatic heterocycles. The van der Waals surface area contributed by atoms with E-state index in [0.717, 1.165) is 24.8 Å². The zero-order valence-corrected chi connectivity index (χ0v) is 14.9. The van der Waals surface area contributed by atoms with Gasteiger partial charge in [0.1, 0.15) is 5.82 Å². The zero-order valence-electron chi connectivity index (χ0n) is 14.1. The number of hydrogen-bond donors (Lipinski definition) is 2. The van der Waals surface area contributed by atoms with Crippen LogP contribution in [0.1, 0.15) is 35.3 Å². The molecule has 0 unspecified atom stereocenters. The first-order valence-electron chi connectivity index (χ1n) is 8.35.